The molecule has 1 aliphatic rings. The van der Waals surface area contributed by atoms with Crippen LogP contribution in [-0.2, 0) is 14.8 Å². The van der Waals surface area contributed by atoms with E-state index >= 15 is 0 Å². The van der Waals surface area contributed by atoms with Gasteiger partial charge in [-0.25, -0.2) is 8.42 Å². The molecule has 0 saturated carbocycles. The molecule has 2 amide bonds. The molecule has 0 bridgehead atoms. The van der Waals surface area contributed by atoms with Crippen LogP contribution in [0.1, 0.15) is 42.6 Å². The predicted octanol–water partition coefficient (Wildman–Crippen LogP) is 3.20. The summed E-state index contributed by atoms with van der Waals surface area (Å²) in [6.45, 7) is 6.92. The topological polar surface area (TPSA) is 86.8 Å². The summed E-state index contributed by atoms with van der Waals surface area (Å²) in [6, 6.07) is 13.2. The molecule has 0 unspecified atom stereocenters. The van der Waals surface area contributed by atoms with E-state index in [0.29, 0.717) is 37.2 Å². The van der Waals surface area contributed by atoms with Gasteiger partial charge in [0.2, 0.25) is 5.91 Å². The zero-order valence-electron chi connectivity index (χ0n) is 19.0. The molecule has 8 heteroatoms. The maximum Gasteiger partial charge on any atom is 0.264 e. The molecule has 0 radical (unpaired) electrons. The fraction of sp³-hybridized carbons (Fsp3) is 0.417. The highest BCUT2D eigenvalue weighted by Crippen LogP contribution is 2.23. The van der Waals surface area contributed by atoms with E-state index in [9.17, 15) is 18.0 Å². The van der Waals surface area contributed by atoms with Crippen molar-refractivity contribution in [3.8, 4) is 0 Å². The average Bonchev–Trinajstić information content (AvgIpc) is 2.79. The van der Waals surface area contributed by atoms with Crippen LogP contribution in [0.25, 0.3) is 0 Å². The largest absolute Gasteiger partial charge is 0.349 e. The van der Waals surface area contributed by atoms with Crippen LogP contribution in [0.5, 0.6) is 0 Å². The molecule has 1 aliphatic heterocycles. The number of aryl methyl sites for hydroxylation is 1. The Morgan fingerprint density at radius 3 is 2.28 bits per heavy atom. The quantitative estimate of drug-likeness (QED) is 0.722. The van der Waals surface area contributed by atoms with Crippen LogP contribution in [-0.4, -0.2) is 51.3 Å². The van der Waals surface area contributed by atoms with Gasteiger partial charge in [-0.1, -0.05) is 37.6 Å². The number of anilines is 1. The minimum atomic E-state index is -3.81. The molecule has 0 aromatic heterocycles. The van der Waals surface area contributed by atoms with E-state index in [1.54, 1.807) is 24.3 Å². The lowest BCUT2D eigenvalue weighted by atomic mass is 10.0. The van der Waals surface area contributed by atoms with Gasteiger partial charge >= 0.3 is 0 Å². The molecule has 1 fully saturated rings. The first-order chi connectivity index (χ1) is 15.1. The van der Waals surface area contributed by atoms with E-state index < -0.39 is 10.0 Å². The highest BCUT2D eigenvalue weighted by molar-refractivity contribution is 7.92. The molecule has 0 aliphatic carbocycles. The summed E-state index contributed by atoms with van der Waals surface area (Å²) in [6.07, 6.45) is 1.36. The summed E-state index contributed by atoms with van der Waals surface area (Å²) < 4.78 is 27.4. The summed E-state index contributed by atoms with van der Waals surface area (Å²) in [5.41, 5.74) is 1.88. The van der Waals surface area contributed by atoms with Crippen molar-refractivity contribution in [3.05, 3.63) is 59.7 Å². The summed E-state index contributed by atoms with van der Waals surface area (Å²) in [5, 5.41) is 2.98. The van der Waals surface area contributed by atoms with Gasteiger partial charge in [-0.15, -0.1) is 0 Å². The van der Waals surface area contributed by atoms with Crippen molar-refractivity contribution < 1.29 is 18.0 Å². The Morgan fingerprint density at radius 2 is 1.69 bits per heavy atom. The number of rotatable bonds is 6. The Bertz CT molecular complexity index is 1070. The molecule has 2 aromatic rings. The Kier molecular flexibility index (Phi) is 7.23. The van der Waals surface area contributed by atoms with E-state index in [1.807, 2.05) is 37.8 Å². The third-order valence-electron chi connectivity index (χ3n) is 5.79. The zero-order valence-corrected chi connectivity index (χ0v) is 19.9. The Hall–Kier alpha value is -2.87. The van der Waals surface area contributed by atoms with Crippen LogP contribution in [0.15, 0.2) is 53.4 Å². The maximum atomic E-state index is 13.1. The number of nitrogens with zero attached hydrogens (tertiary/aromatic N) is 2. The predicted molar refractivity (Wildman–Crippen MR) is 125 cm³/mol. The van der Waals surface area contributed by atoms with Crippen LogP contribution in [0.2, 0.25) is 0 Å². The van der Waals surface area contributed by atoms with E-state index in [2.05, 4.69) is 5.32 Å². The van der Waals surface area contributed by atoms with Crippen molar-refractivity contribution in [2.75, 3.05) is 24.4 Å². The van der Waals surface area contributed by atoms with Crippen molar-refractivity contribution in [2.24, 2.45) is 5.92 Å². The summed E-state index contributed by atoms with van der Waals surface area (Å²) in [4.78, 5) is 26.8. The second kappa shape index (κ2) is 9.73. The highest BCUT2D eigenvalue weighted by atomic mass is 32.2. The monoisotopic (exact) mass is 457 g/mol. The van der Waals surface area contributed by atoms with Crippen molar-refractivity contribution in [2.45, 2.75) is 44.6 Å². The standard InChI is InChI=1S/C24H31N3O4S/c1-17(2)24(29)27-14-12-20(13-15-27)25-23(28)19-6-5-7-22(16-19)32(30,31)26(4)21-10-8-18(3)9-11-21/h5-11,16-17,20H,12-15H2,1-4H3,(H,25,28). The van der Waals surface area contributed by atoms with Crippen molar-refractivity contribution in [1.82, 2.24) is 10.2 Å². The molecule has 2 aromatic carbocycles. The van der Waals surface area contributed by atoms with Crippen LogP contribution in [0.4, 0.5) is 5.69 Å². The van der Waals surface area contributed by atoms with Crippen LogP contribution in [0.3, 0.4) is 0 Å². The van der Waals surface area contributed by atoms with Crippen LogP contribution in [0, 0.1) is 12.8 Å². The highest BCUT2D eigenvalue weighted by Gasteiger charge is 2.26. The number of hydrogen-bond donors (Lipinski definition) is 1. The van der Waals surface area contributed by atoms with Gasteiger partial charge in [-0.2, -0.15) is 0 Å². The lowest BCUT2D eigenvalue weighted by molar-refractivity contribution is -0.135. The zero-order chi connectivity index (χ0) is 23.5. The molecule has 1 N–H and O–H groups in total. The number of carbonyl (C=O) groups is 2. The van der Waals surface area contributed by atoms with Crippen LogP contribution < -0.4 is 9.62 Å². The number of amides is 2. The molecular formula is C24H31N3O4S. The number of hydrogen-bond acceptors (Lipinski definition) is 4. The molecule has 0 spiro atoms. The lowest BCUT2D eigenvalue weighted by Gasteiger charge is -2.33. The van der Waals surface area contributed by atoms with Gasteiger partial charge in [-0.3, -0.25) is 13.9 Å². The number of likely N-dealkylation sites (tertiary alicyclic amines) is 1. The van der Waals surface area contributed by atoms with Gasteiger partial charge < -0.3 is 10.2 Å². The Morgan fingerprint density at radius 1 is 1.06 bits per heavy atom. The fourth-order valence-corrected chi connectivity index (χ4v) is 4.97. The molecule has 3 rings (SSSR count). The Labute approximate surface area is 190 Å². The Balaban J connectivity index is 1.68. The van der Waals surface area contributed by atoms with Gasteiger partial charge in [0.15, 0.2) is 0 Å². The number of benzene rings is 2. The molecule has 1 heterocycles. The molecular weight excluding hydrogens is 426 g/mol. The fourth-order valence-electron chi connectivity index (χ4n) is 3.73. The number of sulfonamides is 1. The van der Waals surface area contributed by atoms with Crippen molar-refractivity contribution in [3.63, 3.8) is 0 Å². The normalized spacial score (nSPS) is 15.0. The number of nitrogens with one attached hydrogen (secondary N) is 1. The molecule has 172 valence electrons. The summed E-state index contributed by atoms with van der Waals surface area (Å²) >= 11 is 0. The van der Waals surface area contributed by atoms with Gasteiger partial charge in [0.1, 0.15) is 0 Å². The van der Waals surface area contributed by atoms with Gasteiger partial charge in [0.05, 0.1) is 10.6 Å². The third kappa shape index (κ3) is 5.30. The third-order valence-corrected chi connectivity index (χ3v) is 7.57. The second-order valence-corrected chi connectivity index (χ2v) is 10.5. The van der Waals surface area contributed by atoms with Crippen LogP contribution >= 0.6 is 0 Å². The first-order valence-corrected chi connectivity index (χ1v) is 12.3. The molecule has 7 nitrogen and oxygen atoms in total. The average molecular weight is 458 g/mol. The summed E-state index contributed by atoms with van der Waals surface area (Å²) in [5.74, 6) is -0.220. The number of piperidine rings is 1. The second-order valence-electron chi connectivity index (χ2n) is 8.56. The van der Waals surface area contributed by atoms with Gasteiger partial charge in [0.25, 0.3) is 15.9 Å². The van der Waals surface area contributed by atoms with E-state index in [4.69, 9.17) is 0 Å². The minimum absolute atomic E-state index is 0.0381. The molecule has 0 atom stereocenters. The smallest absolute Gasteiger partial charge is 0.264 e. The van der Waals surface area contributed by atoms with Crippen molar-refractivity contribution >= 4 is 27.5 Å². The first kappa shape index (κ1) is 23.8. The van der Waals surface area contributed by atoms with E-state index in [-0.39, 0.29) is 28.7 Å². The SMILES string of the molecule is Cc1ccc(N(C)S(=O)(=O)c2cccc(C(=O)NC3CCN(C(=O)C(C)C)CC3)c2)cc1. The van der Waals surface area contributed by atoms with E-state index in [1.165, 1.54) is 23.5 Å². The number of carbonyl (C=O) groups excluding carboxylic acids is 2. The minimum Gasteiger partial charge on any atom is -0.349 e. The lowest BCUT2D eigenvalue weighted by Crippen LogP contribution is -2.47. The first-order valence-electron chi connectivity index (χ1n) is 10.8. The van der Waals surface area contributed by atoms with Gasteiger partial charge in [-0.05, 0) is 50.1 Å². The maximum absolute atomic E-state index is 13.1. The van der Waals surface area contributed by atoms with Gasteiger partial charge in [0, 0.05) is 37.7 Å². The van der Waals surface area contributed by atoms with E-state index in [0.717, 1.165) is 5.56 Å². The molecule has 1 saturated heterocycles. The molecule has 32 heavy (non-hydrogen) atoms. The van der Waals surface area contributed by atoms with Crippen molar-refractivity contribution in [1.29, 1.82) is 0 Å². The summed E-state index contributed by atoms with van der Waals surface area (Å²) in [7, 11) is -2.31.